The predicted molar refractivity (Wildman–Crippen MR) is 129 cm³/mol. The van der Waals surface area contributed by atoms with E-state index in [1.165, 1.54) is 21.7 Å². The van der Waals surface area contributed by atoms with Gasteiger partial charge in [-0.2, -0.15) is 0 Å². The van der Waals surface area contributed by atoms with Crippen molar-refractivity contribution in [3.8, 4) is 0 Å². The largest absolute Gasteiger partial charge is 0.496 e. The van der Waals surface area contributed by atoms with Gasteiger partial charge in [0.25, 0.3) is 17.6 Å². The smallest absolute Gasteiger partial charge is 0.0968 e. The van der Waals surface area contributed by atoms with Gasteiger partial charge in [-0.05, 0) is 14.9 Å². The van der Waals surface area contributed by atoms with E-state index in [2.05, 4.69) is 107 Å². The minimum absolute atomic E-state index is 1.14. The first-order chi connectivity index (χ1) is 14.9. The summed E-state index contributed by atoms with van der Waals surface area (Å²) < 4.78 is 8.21. The Morgan fingerprint density at radius 3 is 2.00 bits per heavy atom. The Balaban J connectivity index is 1.56. The first-order valence-electron chi connectivity index (χ1n) is 10.5. The van der Waals surface area contributed by atoms with Crippen LogP contribution in [-0.2, 0) is 0 Å². The molecule has 3 aromatic carbocycles. The first kappa shape index (κ1) is 19.3. The lowest BCUT2D eigenvalue weighted by Crippen LogP contribution is -2.52. The topological polar surface area (TPSA) is 12.0 Å². The molecule has 150 valence electrons. The van der Waals surface area contributed by atoms with Crippen molar-refractivity contribution in [1.29, 1.82) is 0 Å². The molecule has 5 heteroatoms. The molecule has 0 N–H and O–H groups in total. The lowest BCUT2D eigenvalue weighted by atomic mass is 10.2. The molecule has 0 atom stereocenters. The third-order valence-corrected chi connectivity index (χ3v) is 9.62. The Morgan fingerprint density at radius 1 is 0.677 bits per heavy atom. The zero-order valence-corrected chi connectivity index (χ0v) is 19.4. The number of nitrogens with zero attached hydrogens (tertiary/aromatic N) is 4. The molecule has 0 aliphatic carbocycles. The van der Waals surface area contributed by atoms with Crippen LogP contribution in [0.3, 0.4) is 0 Å². The summed E-state index contributed by atoms with van der Waals surface area (Å²) in [5, 5.41) is 2.80. The van der Waals surface area contributed by atoms with E-state index in [9.17, 15) is 0 Å². The number of rotatable bonds is 4. The van der Waals surface area contributed by atoms with Crippen LogP contribution in [0.4, 0.5) is 22.7 Å². The summed E-state index contributed by atoms with van der Waals surface area (Å²) in [7, 11) is 2.13. The normalized spacial score (nSPS) is 14.7. The third kappa shape index (κ3) is 3.35. The van der Waals surface area contributed by atoms with Gasteiger partial charge >= 0.3 is 12.0 Å². The van der Waals surface area contributed by atoms with Crippen molar-refractivity contribution < 1.29 is 13.7 Å². The van der Waals surface area contributed by atoms with Gasteiger partial charge in [-0.1, -0.05) is 63.2 Å². The van der Waals surface area contributed by atoms with E-state index >= 15 is 0 Å². The van der Waals surface area contributed by atoms with E-state index in [-0.39, 0.29) is 0 Å². The Kier molecular flexibility index (Phi) is 4.53. The summed E-state index contributed by atoms with van der Waals surface area (Å²) >= 11 is 0. The van der Waals surface area contributed by atoms with Crippen LogP contribution in [-0.4, -0.2) is 47.9 Å². The molecule has 4 nitrogen and oxygen atoms in total. The summed E-state index contributed by atoms with van der Waals surface area (Å²) in [6, 6.07) is 33.0. The average Bonchev–Trinajstić information content (AvgIpc) is 3.38. The van der Waals surface area contributed by atoms with Crippen molar-refractivity contribution in [2.45, 2.75) is 13.1 Å². The van der Waals surface area contributed by atoms with Gasteiger partial charge in [-0.25, -0.2) is 0 Å². The van der Waals surface area contributed by atoms with Gasteiger partial charge in [0.2, 0.25) is 17.6 Å². The van der Waals surface area contributed by atoms with E-state index in [1.54, 1.807) is 0 Å². The summed E-state index contributed by atoms with van der Waals surface area (Å²) in [6.07, 6.45) is 4.05. The molecule has 0 amide bonds. The van der Waals surface area contributed by atoms with E-state index in [1.807, 2.05) is 35.6 Å². The maximum atomic E-state index is 3.46. The Labute approximate surface area is 184 Å². The van der Waals surface area contributed by atoms with Crippen LogP contribution < -0.4 is 14.9 Å². The Hall–Kier alpha value is -3.62. The molecule has 0 saturated heterocycles. The van der Waals surface area contributed by atoms with Crippen LogP contribution in [0.1, 0.15) is 0 Å². The van der Waals surface area contributed by atoms with Crippen LogP contribution in [0.15, 0.2) is 85.2 Å². The fraction of sp³-hybridized carbons (Fsp3) is 0.154. The molecule has 0 fully saturated rings. The van der Waals surface area contributed by atoms with E-state index in [4.69, 9.17) is 0 Å². The second-order valence-corrected chi connectivity index (χ2v) is 13.0. The number of fused-ring (bicyclic) bond motifs is 1. The molecule has 0 unspecified atom stereocenters. The SMILES string of the molecule is C[N+]1=C=[N+](c2cccc([Si](C)(C)c3cccc([N+]4=C=[N+](C)c5ccccc54)c3)c2)C=C1. The van der Waals surface area contributed by atoms with E-state index in [0.29, 0.717) is 0 Å². The molecule has 2 heterocycles. The van der Waals surface area contributed by atoms with Gasteiger partial charge in [0.05, 0.1) is 0 Å². The number of hydrogen-bond donors (Lipinski definition) is 0. The highest BCUT2D eigenvalue weighted by Crippen LogP contribution is 2.31. The van der Waals surface area contributed by atoms with Gasteiger partial charge < -0.3 is 0 Å². The Morgan fingerprint density at radius 2 is 1.32 bits per heavy atom. The molecular weight excluding hydrogens is 396 g/mol. The minimum atomic E-state index is -1.91. The second-order valence-electron chi connectivity index (χ2n) is 8.59. The average molecular weight is 423 g/mol. The number of benzene rings is 3. The fourth-order valence-electron chi connectivity index (χ4n) is 4.18. The quantitative estimate of drug-likeness (QED) is 0.448. The van der Waals surface area contributed by atoms with Gasteiger partial charge in [0.1, 0.15) is 8.07 Å². The van der Waals surface area contributed by atoms with Gasteiger partial charge in [0, 0.05) is 36.4 Å². The minimum Gasteiger partial charge on any atom is -0.0968 e. The monoisotopic (exact) mass is 422 g/mol. The maximum Gasteiger partial charge on any atom is 0.496 e. The highest BCUT2D eigenvalue weighted by atomic mass is 28.3. The third-order valence-electron chi connectivity index (χ3n) is 6.11. The van der Waals surface area contributed by atoms with Crippen LogP contribution in [0, 0.1) is 0 Å². The standard InChI is InChI=1S/C26H26N4Si/c1-27-15-16-29(19-27)21-9-7-11-23(17-21)31(3,4)24-12-8-10-22(18-24)30-20-28(2)25-13-5-6-14-26(25)30/h5-18H,1-4H3/q+4. The molecule has 2 aliphatic heterocycles. The van der Waals surface area contributed by atoms with Crippen molar-refractivity contribution in [3.63, 3.8) is 0 Å². The van der Waals surface area contributed by atoms with Gasteiger partial charge in [0.15, 0.2) is 14.1 Å². The van der Waals surface area contributed by atoms with Crippen LogP contribution in [0.5, 0.6) is 0 Å². The molecule has 0 saturated carbocycles. The van der Waals surface area contributed by atoms with Gasteiger partial charge in [-0.3, -0.25) is 0 Å². The van der Waals surface area contributed by atoms with Crippen molar-refractivity contribution in [2.75, 3.05) is 14.1 Å². The predicted octanol–water partition coefficient (Wildman–Crippen LogP) is 3.75. The van der Waals surface area contributed by atoms with Crippen LogP contribution in [0.2, 0.25) is 13.1 Å². The molecule has 5 rings (SSSR count). The summed E-state index contributed by atoms with van der Waals surface area (Å²) in [6.45, 7) is 4.84. The van der Waals surface area contributed by atoms with Gasteiger partial charge in [-0.15, -0.1) is 0 Å². The molecule has 0 bridgehead atoms. The first-order valence-corrected chi connectivity index (χ1v) is 13.5. The molecule has 0 spiro atoms. The summed E-state index contributed by atoms with van der Waals surface area (Å²) in [5.41, 5.74) is 4.64. The summed E-state index contributed by atoms with van der Waals surface area (Å²) in [4.78, 5) is 0. The molecule has 0 aromatic heterocycles. The lowest BCUT2D eigenvalue weighted by molar-refractivity contribution is -0.429. The fourth-order valence-corrected chi connectivity index (χ4v) is 6.56. The summed E-state index contributed by atoms with van der Waals surface area (Å²) in [5.74, 6) is 0. The highest BCUT2D eigenvalue weighted by molar-refractivity contribution is 7.00. The molecule has 3 aromatic rings. The van der Waals surface area contributed by atoms with E-state index in [0.717, 1.165) is 11.4 Å². The molecule has 0 radical (unpaired) electrons. The highest BCUT2D eigenvalue weighted by Gasteiger charge is 2.34. The molecule has 31 heavy (non-hydrogen) atoms. The zero-order valence-electron chi connectivity index (χ0n) is 18.4. The molecule has 2 aliphatic rings. The zero-order chi connectivity index (χ0) is 21.6. The van der Waals surface area contributed by atoms with Crippen molar-refractivity contribution in [3.05, 3.63) is 85.2 Å². The van der Waals surface area contributed by atoms with E-state index < -0.39 is 8.07 Å². The van der Waals surface area contributed by atoms with Crippen LogP contribution in [0.25, 0.3) is 0 Å². The van der Waals surface area contributed by atoms with Crippen molar-refractivity contribution in [1.82, 2.24) is 4.58 Å². The second kappa shape index (κ2) is 7.26. The van der Waals surface area contributed by atoms with Crippen molar-refractivity contribution in [2.24, 2.45) is 0 Å². The lowest BCUT2D eigenvalue weighted by Gasteiger charge is -2.23. The maximum absolute atomic E-state index is 3.46. The Bertz CT molecular complexity index is 1400. The number of para-hydroxylation sites is 2. The molecular formula is C26H26N4Si+4. The number of hydrogen-bond acceptors (Lipinski definition) is 0. The van der Waals surface area contributed by atoms with Crippen LogP contribution >= 0.6 is 0 Å². The van der Waals surface area contributed by atoms with Crippen molar-refractivity contribution >= 4 is 53.2 Å².